The number of aromatic nitrogens is 2. The molecule has 8 nitrogen and oxygen atoms in total. The summed E-state index contributed by atoms with van der Waals surface area (Å²) >= 11 is 0. The topological polar surface area (TPSA) is 96.7 Å². The van der Waals surface area contributed by atoms with E-state index in [1.807, 2.05) is 6.92 Å². The van der Waals surface area contributed by atoms with Gasteiger partial charge >= 0.3 is 5.97 Å². The van der Waals surface area contributed by atoms with Crippen LogP contribution in [0.25, 0.3) is 0 Å². The Morgan fingerprint density at radius 2 is 2.19 bits per heavy atom. The van der Waals surface area contributed by atoms with E-state index in [4.69, 9.17) is 9.84 Å². The van der Waals surface area contributed by atoms with Gasteiger partial charge in [0.25, 0.3) is 5.91 Å². The van der Waals surface area contributed by atoms with Crippen LogP contribution < -0.4 is 5.32 Å². The fraction of sp³-hybridized carbons (Fsp3) is 0.615. The molecule has 0 bridgehead atoms. The highest BCUT2D eigenvalue weighted by atomic mass is 16.5. The van der Waals surface area contributed by atoms with E-state index in [0.29, 0.717) is 0 Å². The fourth-order valence-corrected chi connectivity index (χ4v) is 2.22. The number of morpholine rings is 1. The second-order valence-electron chi connectivity index (χ2n) is 5.08. The summed E-state index contributed by atoms with van der Waals surface area (Å²) < 4.78 is 6.50. The van der Waals surface area contributed by atoms with Crippen LogP contribution >= 0.6 is 0 Å². The van der Waals surface area contributed by atoms with Crippen molar-refractivity contribution in [2.24, 2.45) is 0 Å². The van der Waals surface area contributed by atoms with E-state index >= 15 is 0 Å². The molecule has 2 heterocycles. The number of ether oxygens (including phenoxy) is 1. The molecular weight excluding hydrogens is 276 g/mol. The molecule has 0 aromatic carbocycles. The molecular formula is C13H20N4O4. The molecule has 2 N–H and O–H groups in total. The Morgan fingerprint density at radius 1 is 1.48 bits per heavy atom. The number of rotatable bonds is 6. The van der Waals surface area contributed by atoms with Crippen molar-refractivity contribution < 1.29 is 19.4 Å². The Hall–Kier alpha value is -1.93. The summed E-state index contributed by atoms with van der Waals surface area (Å²) in [4.78, 5) is 24.8. The first-order chi connectivity index (χ1) is 10.0. The number of carboxylic acids is 1. The second-order valence-corrected chi connectivity index (χ2v) is 5.08. The molecule has 2 rings (SSSR count). The maximum atomic E-state index is 12.0. The Labute approximate surface area is 122 Å². The standard InChI is InChI=1S/C13H20N4O4/c1-10(8-16-4-6-21-7-5-16)14-13(20)11-2-3-17(15-11)9-12(18)19/h2-3,10H,4-9H2,1H3,(H,14,20)(H,18,19). The van der Waals surface area contributed by atoms with E-state index < -0.39 is 5.97 Å². The van der Waals surface area contributed by atoms with Gasteiger partial charge in [-0.3, -0.25) is 19.2 Å². The van der Waals surface area contributed by atoms with Crippen LogP contribution in [0.1, 0.15) is 17.4 Å². The third kappa shape index (κ3) is 4.83. The van der Waals surface area contributed by atoms with Gasteiger partial charge in [-0.2, -0.15) is 5.10 Å². The first-order valence-corrected chi connectivity index (χ1v) is 6.91. The first-order valence-electron chi connectivity index (χ1n) is 6.91. The molecule has 8 heteroatoms. The van der Waals surface area contributed by atoms with Gasteiger partial charge in [0.05, 0.1) is 13.2 Å². The minimum atomic E-state index is -0.995. The highest BCUT2D eigenvalue weighted by molar-refractivity contribution is 5.92. The van der Waals surface area contributed by atoms with Crippen LogP contribution in [0.5, 0.6) is 0 Å². The minimum Gasteiger partial charge on any atom is -0.480 e. The number of amides is 1. The quantitative estimate of drug-likeness (QED) is 0.729. The van der Waals surface area contributed by atoms with Gasteiger partial charge in [0.15, 0.2) is 0 Å². The average molecular weight is 296 g/mol. The number of aliphatic carboxylic acids is 1. The van der Waals surface area contributed by atoms with Crippen molar-refractivity contribution in [3.63, 3.8) is 0 Å². The van der Waals surface area contributed by atoms with E-state index in [-0.39, 0.29) is 24.2 Å². The van der Waals surface area contributed by atoms with Crippen LogP contribution in [0.15, 0.2) is 12.3 Å². The number of carbonyl (C=O) groups is 2. The summed E-state index contributed by atoms with van der Waals surface area (Å²) in [7, 11) is 0. The zero-order valence-corrected chi connectivity index (χ0v) is 12.0. The van der Waals surface area contributed by atoms with Gasteiger partial charge in [0, 0.05) is 31.9 Å². The molecule has 0 aliphatic carbocycles. The van der Waals surface area contributed by atoms with Gasteiger partial charge in [0.1, 0.15) is 12.2 Å². The van der Waals surface area contributed by atoms with Gasteiger partial charge in [-0.05, 0) is 13.0 Å². The van der Waals surface area contributed by atoms with Gasteiger partial charge in [-0.15, -0.1) is 0 Å². The van der Waals surface area contributed by atoms with Gasteiger partial charge in [-0.25, -0.2) is 0 Å². The molecule has 0 radical (unpaired) electrons. The van der Waals surface area contributed by atoms with Gasteiger partial charge in [-0.1, -0.05) is 0 Å². The molecule has 1 aliphatic heterocycles. The summed E-state index contributed by atoms with van der Waals surface area (Å²) in [5, 5.41) is 15.5. The highest BCUT2D eigenvalue weighted by Crippen LogP contribution is 2.01. The van der Waals surface area contributed by atoms with E-state index in [1.165, 1.54) is 16.9 Å². The molecule has 0 saturated carbocycles. The lowest BCUT2D eigenvalue weighted by Crippen LogP contribution is -2.46. The Balaban J connectivity index is 1.82. The maximum absolute atomic E-state index is 12.0. The summed E-state index contributed by atoms with van der Waals surface area (Å²) in [5.41, 5.74) is 0.227. The van der Waals surface area contributed by atoms with Crippen LogP contribution in [0.4, 0.5) is 0 Å². The van der Waals surface area contributed by atoms with Crippen LogP contribution in [0, 0.1) is 0 Å². The molecule has 1 saturated heterocycles. The van der Waals surface area contributed by atoms with Crippen LogP contribution in [-0.2, 0) is 16.1 Å². The number of carboxylic acid groups (broad SMARTS) is 1. The van der Waals surface area contributed by atoms with Crippen molar-refractivity contribution in [3.05, 3.63) is 18.0 Å². The Kier molecular flexibility index (Phi) is 5.29. The maximum Gasteiger partial charge on any atom is 0.325 e. The number of hydrogen-bond acceptors (Lipinski definition) is 5. The molecule has 1 amide bonds. The third-order valence-corrected chi connectivity index (χ3v) is 3.18. The van der Waals surface area contributed by atoms with Crippen LogP contribution in [0.3, 0.4) is 0 Å². The van der Waals surface area contributed by atoms with Gasteiger partial charge < -0.3 is 15.2 Å². The van der Waals surface area contributed by atoms with Crippen LogP contribution in [0.2, 0.25) is 0 Å². The van der Waals surface area contributed by atoms with Gasteiger partial charge in [0.2, 0.25) is 0 Å². The van der Waals surface area contributed by atoms with E-state index in [0.717, 1.165) is 32.8 Å². The minimum absolute atomic E-state index is 0.0137. The zero-order chi connectivity index (χ0) is 15.2. The monoisotopic (exact) mass is 296 g/mol. The molecule has 21 heavy (non-hydrogen) atoms. The number of nitrogens with one attached hydrogen (secondary N) is 1. The summed E-state index contributed by atoms with van der Waals surface area (Å²) in [6, 6.07) is 1.50. The van der Waals surface area contributed by atoms with E-state index in [2.05, 4.69) is 15.3 Å². The Morgan fingerprint density at radius 3 is 2.86 bits per heavy atom. The highest BCUT2D eigenvalue weighted by Gasteiger charge is 2.17. The fourth-order valence-electron chi connectivity index (χ4n) is 2.22. The largest absolute Gasteiger partial charge is 0.480 e. The molecule has 1 aromatic heterocycles. The lowest BCUT2D eigenvalue weighted by Gasteiger charge is -2.29. The SMILES string of the molecule is CC(CN1CCOCC1)NC(=O)c1ccn(CC(=O)O)n1. The normalized spacial score (nSPS) is 17.4. The van der Waals surface area contributed by atoms with Crippen molar-refractivity contribution >= 4 is 11.9 Å². The van der Waals surface area contributed by atoms with Crippen molar-refractivity contribution in [3.8, 4) is 0 Å². The van der Waals surface area contributed by atoms with Crippen molar-refractivity contribution in [1.82, 2.24) is 20.0 Å². The molecule has 116 valence electrons. The van der Waals surface area contributed by atoms with Crippen molar-refractivity contribution in [2.75, 3.05) is 32.8 Å². The van der Waals surface area contributed by atoms with E-state index in [9.17, 15) is 9.59 Å². The molecule has 1 aliphatic rings. The lowest BCUT2D eigenvalue weighted by molar-refractivity contribution is -0.137. The molecule has 1 atom stereocenters. The molecule has 1 aromatic rings. The first kappa shape index (κ1) is 15.5. The average Bonchev–Trinajstić information content (AvgIpc) is 2.87. The molecule has 0 spiro atoms. The second kappa shape index (κ2) is 7.19. The molecule has 1 unspecified atom stereocenters. The predicted octanol–water partition coefficient (Wildman–Crippen LogP) is -0.582. The number of carbonyl (C=O) groups excluding carboxylic acids is 1. The lowest BCUT2D eigenvalue weighted by atomic mass is 10.2. The summed E-state index contributed by atoms with van der Waals surface area (Å²) in [6.45, 7) is 5.62. The summed E-state index contributed by atoms with van der Waals surface area (Å²) in [6.07, 6.45) is 1.48. The van der Waals surface area contributed by atoms with Crippen molar-refractivity contribution in [2.45, 2.75) is 19.5 Å². The van der Waals surface area contributed by atoms with Crippen LogP contribution in [-0.4, -0.2) is 70.6 Å². The smallest absolute Gasteiger partial charge is 0.325 e. The predicted molar refractivity (Wildman–Crippen MR) is 74.1 cm³/mol. The number of nitrogens with zero attached hydrogens (tertiary/aromatic N) is 3. The number of hydrogen-bond donors (Lipinski definition) is 2. The third-order valence-electron chi connectivity index (χ3n) is 3.18. The van der Waals surface area contributed by atoms with Crippen molar-refractivity contribution in [1.29, 1.82) is 0 Å². The Bertz CT molecular complexity index is 496. The summed E-state index contributed by atoms with van der Waals surface area (Å²) in [5.74, 6) is -1.29. The van der Waals surface area contributed by atoms with E-state index in [1.54, 1.807) is 0 Å². The molecule has 1 fully saturated rings. The zero-order valence-electron chi connectivity index (χ0n) is 12.0.